The summed E-state index contributed by atoms with van der Waals surface area (Å²) in [5, 5.41) is 3.48. The summed E-state index contributed by atoms with van der Waals surface area (Å²) in [6.45, 7) is 4.45. The second-order valence-electron chi connectivity index (χ2n) is 5.56. The molecule has 1 saturated carbocycles. The summed E-state index contributed by atoms with van der Waals surface area (Å²) in [7, 11) is 0. The number of aromatic nitrogens is 3. The minimum absolute atomic E-state index is 0.0106. The van der Waals surface area contributed by atoms with Gasteiger partial charge in [-0.25, -0.2) is 0 Å². The number of nitrogens with one attached hydrogen (secondary N) is 1. The molecule has 116 valence electrons. The first-order valence-electron chi connectivity index (χ1n) is 7.15. The van der Waals surface area contributed by atoms with Gasteiger partial charge in [-0.3, -0.25) is 4.79 Å². The highest BCUT2D eigenvalue weighted by molar-refractivity contribution is 7.99. The van der Waals surface area contributed by atoms with Gasteiger partial charge in [-0.15, -0.1) is 0 Å². The molecule has 7 nitrogen and oxygen atoms in total. The second-order valence-corrected chi connectivity index (χ2v) is 6.51. The molecule has 0 bridgehead atoms. The zero-order valence-electron chi connectivity index (χ0n) is 12.4. The van der Waals surface area contributed by atoms with Crippen molar-refractivity contribution in [3.05, 3.63) is 0 Å². The standard InChI is InChI=1S/C13H22N6OS/c1-7-4-3-5-9(8(7)2)16-10(20)6-21-13-18-11(14)17-12(15)19-13/h7-9H,3-6H2,1-2H3,(H,16,20)(H4,14,15,17,18,19)/t7-,8-,9+/m1/s1. The molecule has 0 saturated heterocycles. The fourth-order valence-electron chi connectivity index (χ4n) is 2.62. The monoisotopic (exact) mass is 310 g/mol. The van der Waals surface area contributed by atoms with Crippen molar-refractivity contribution in [1.82, 2.24) is 20.3 Å². The maximum absolute atomic E-state index is 12.0. The number of nitrogen functional groups attached to an aromatic ring is 2. The van der Waals surface area contributed by atoms with Crippen molar-refractivity contribution >= 4 is 29.6 Å². The van der Waals surface area contributed by atoms with Crippen molar-refractivity contribution in [2.24, 2.45) is 11.8 Å². The van der Waals surface area contributed by atoms with Gasteiger partial charge in [-0.2, -0.15) is 15.0 Å². The number of thioether (sulfide) groups is 1. The molecule has 1 aromatic heterocycles. The van der Waals surface area contributed by atoms with Gasteiger partial charge in [0.2, 0.25) is 17.8 Å². The number of anilines is 2. The summed E-state index contributed by atoms with van der Waals surface area (Å²) < 4.78 is 0. The molecule has 0 unspecified atom stereocenters. The van der Waals surface area contributed by atoms with Crippen LogP contribution >= 0.6 is 11.8 Å². The quantitative estimate of drug-likeness (QED) is 0.711. The van der Waals surface area contributed by atoms with E-state index in [0.29, 0.717) is 17.0 Å². The van der Waals surface area contributed by atoms with Gasteiger partial charge < -0.3 is 16.8 Å². The molecule has 1 fully saturated rings. The number of carbonyl (C=O) groups excluding carboxylic acids is 1. The van der Waals surface area contributed by atoms with E-state index < -0.39 is 0 Å². The van der Waals surface area contributed by atoms with Gasteiger partial charge >= 0.3 is 0 Å². The van der Waals surface area contributed by atoms with E-state index in [9.17, 15) is 4.79 Å². The van der Waals surface area contributed by atoms with Crippen LogP contribution in [0.1, 0.15) is 33.1 Å². The molecule has 0 spiro atoms. The van der Waals surface area contributed by atoms with E-state index in [1.54, 1.807) is 0 Å². The Kier molecular flexibility index (Phi) is 5.22. The lowest BCUT2D eigenvalue weighted by molar-refractivity contribution is -0.120. The van der Waals surface area contributed by atoms with Gasteiger partial charge in [0, 0.05) is 6.04 Å². The second kappa shape index (κ2) is 6.93. The highest BCUT2D eigenvalue weighted by atomic mass is 32.2. The maximum atomic E-state index is 12.0. The summed E-state index contributed by atoms with van der Waals surface area (Å²) >= 11 is 1.21. The van der Waals surface area contributed by atoms with Crippen LogP contribution in [0.3, 0.4) is 0 Å². The summed E-state index contributed by atoms with van der Waals surface area (Å²) in [6.07, 6.45) is 3.46. The Morgan fingerprint density at radius 3 is 2.57 bits per heavy atom. The molecule has 3 atom stereocenters. The molecule has 8 heteroatoms. The number of hydrogen-bond acceptors (Lipinski definition) is 7. The van der Waals surface area contributed by atoms with Gasteiger partial charge in [0.15, 0.2) is 5.16 Å². The predicted molar refractivity (Wildman–Crippen MR) is 83.5 cm³/mol. The molecule has 1 amide bonds. The summed E-state index contributed by atoms with van der Waals surface area (Å²) in [5.41, 5.74) is 11.0. The molecule has 1 heterocycles. The number of carbonyl (C=O) groups is 1. The molecule has 2 rings (SSSR count). The highest BCUT2D eigenvalue weighted by Crippen LogP contribution is 2.29. The third-order valence-electron chi connectivity index (χ3n) is 4.04. The Bertz CT molecular complexity index is 491. The van der Waals surface area contributed by atoms with E-state index in [1.165, 1.54) is 24.6 Å². The first kappa shape index (κ1) is 15.8. The van der Waals surface area contributed by atoms with Crippen molar-refractivity contribution in [2.45, 2.75) is 44.3 Å². The third-order valence-corrected chi connectivity index (χ3v) is 4.88. The number of rotatable bonds is 4. The fraction of sp³-hybridized carbons (Fsp3) is 0.692. The Hall–Kier alpha value is -1.57. The lowest BCUT2D eigenvalue weighted by atomic mass is 9.78. The normalized spacial score (nSPS) is 25.5. The number of amides is 1. The number of nitrogens with zero attached hydrogens (tertiary/aromatic N) is 3. The highest BCUT2D eigenvalue weighted by Gasteiger charge is 2.28. The van der Waals surface area contributed by atoms with Crippen LogP contribution in [0.2, 0.25) is 0 Å². The van der Waals surface area contributed by atoms with Crippen molar-refractivity contribution in [2.75, 3.05) is 17.2 Å². The molecule has 5 N–H and O–H groups in total. The summed E-state index contributed by atoms with van der Waals surface area (Å²) in [5.74, 6) is 1.54. The fourth-order valence-corrected chi connectivity index (χ4v) is 3.28. The first-order chi connectivity index (χ1) is 9.95. The molecule has 0 aliphatic heterocycles. The van der Waals surface area contributed by atoms with Crippen LogP contribution in [0.25, 0.3) is 0 Å². The Morgan fingerprint density at radius 2 is 1.90 bits per heavy atom. The van der Waals surface area contributed by atoms with Crippen LogP contribution in [-0.4, -0.2) is 32.7 Å². The van der Waals surface area contributed by atoms with Gasteiger partial charge in [-0.1, -0.05) is 38.5 Å². The first-order valence-corrected chi connectivity index (χ1v) is 8.13. The molecular formula is C13H22N6OS. The number of hydrogen-bond donors (Lipinski definition) is 3. The lowest BCUT2D eigenvalue weighted by Gasteiger charge is -2.34. The Labute approximate surface area is 128 Å². The van der Waals surface area contributed by atoms with Crippen LogP contribution in [0.15, 0.2) is 5.16 Å². The Balaban J connectivity index is 1.84. The zero-order valence-corrected chi connectivity index (χ0v) is 13.2. The lowest BCUT2D eigenvalue weighted by Crippen LogP contribution is -2.44. The average Bonchev–Trinajstić information content (AvgIpc) is 2.41. The van der Waals surface area contributed by atoms with Crippen LogP contribution < -0.4 is 16.8 Å². The molecule has 0 radical (unpaired) electrons. The van der Waals surface area contributed by atoms with E-state index in [2.05, 4.69) is 34.1 Å². The molecular weight excluding hydrogens is 288 g/mol. The van der Waals surface area contributed by atoms with Crippen LogP contribution in [0, 0.1) is 11.8 Å². The molecule has 1 aliphatic rings. The van der Waals surface area contributed by atoms with Crippen molar-refractivity contribution in [3.8, 4) is 0 Å². The van der Waals surface area contributed by atoms with Gasteiger partial charge in [0.1, 0.15) is 0 Å². The third kappa shape index (κ3) is 4.45. The van der Waals surface area contributed by atoms with E-state index >= 15 is 0 Å². The minimum atomic E-state index is -0.0106. The van der Waals surface area contributed by atoms with Crippen LogP contribution in [0.4, 0.5) is 11.9 Å². The maximum Gasteiger partial charge on any atom is 0.230 e. The summed E-state index contributed by atoms with van der Waals surface area (Å²) in [6, 6.07) is 0.260. The molecule has 1 aromatic rings. The van der Waals surface area contributed by atoms with Crippen molar-refractivity contribution in [1.29, 1.82) is 0 Å². The smallest absolute Gasteiger partial charge is 0.230 e. The topological polar surface area (TPSA) is 120 Å². The van der Waals surface area contributed by atoms with E-state index in [0.717, 1.165) is 6.42 Å². The predicted octanol–water partition coefficient (Wildman–Crippen LogP) is 1.07. The van der Waals surface area contributed by atoms with Crippen LogP contribution in [0.5, 0.6) is 0 Å². The van der Waals surface area contributed by atoms with Gasteiger partial charge in [0.05, 0.1) is 5.75 Å². The van der Waals surface area contributed by atoms with Crippen molar-refractivity contribution < 1.29 is 4.79 Å². The largest absolute Gasteiger partial charge is 0.368 e. The SMILES string of the molecule is C[C@@H]1[C@H](C)CCC[C@@H]1NC(=O)CSc1nc(N)nc(N)n1. The van der Waals surface area contributed by atoms with E-state index in [4.69, 9.17) is 11.5 Å². The zero-order chi connectivity index (χ0) is 15.4. The average molecular weight is 310 g/mol. The Morgan fingerprint density at radius 1 is 1.24 bits per heavy atom. The molecule has 1 aliphatic carbocycles. The van der Waals surface area contributed by atoms with Crippen molar-refractivity contribution in [3.63, 3.8) is 0 Å². The van der Waals surface area contributed by atoms with E-state index in [-0.39, 0.29) is 29.6 Å². The molecule has 0 aromatic carbocycles. The summed E-state index contributed by atoms with van der Waals surface area (Å²) in [4.78, 5) is 23.6. The van der Waals surface area contributed by atoms with Gasteiger partial charge in [0.25, 0.3) is 0 Å². The van der Waals surface area contributed by atoms with E-state index in [1.807, 2.05) is 0 Å². The van der Waals surface area contributed by atoms with Crippen LogP contribution in [-0.2, 0) is 4.79 Å². The number of nitrogens with two attached hydrogens (primary N) is 2. The molecule has 21 heavy (non-hydrogen) atoms. The minimum Gasteiger partial charge on any atom is -0.368 e. The van der Waals surface area contributed by atoms with Gasteiger partial charge in [-0.05, 0) is 18.3 Å².